The van der Waals surface area contributed by atoms with E-state index in [2.05, 4.69) is 0 Å². The standard InChI is InChI=1S/C13H23N3O3S/c1-3-19-12-5-4-6-16(9-12)20(17,18)13-7-11(8-14)15(2)10-13/h7,10,12H,3-6,8-9,14H2,1-2H3. The van der Waals surface area contributed by atoms with Gasteiger partial charge in [-0.15, -0.1) is 0 Å². The third-order valence-electron chi connectivity index (χ3n) is 3.67. The van der Waals surface area contributed by atoms with Gasteiger partial charge in [0, 0.05) is 45.2 Å². The van der Waals surface area contributed by atoms with Crippen molar-refractivity contribution in [2.75, 3.05) is 19.7 Å². The summed E-state index contributed by atoms with van der Waals surface area (Å²) >= 11 is 0. The average Bonchev–Trinajstić information content (AvgIpc) is 2.81. The predicted molar refractivity (Wildman–Crippen MR) is 76.7 cm³/mol. The Morgan fingerprint density at radius 1 is 1.50 bits per heavy atom. The fourth-order valence-corrected chi connectivity index (χ4v) is 4.17. The minimum atomic E-state index is -3.45. The molecule has 114 valence electrons. The van der Waals surface area contributed by atoms with E-state index in [1.807, 2.05) is 6.92 Å². The lowest BCUT2D eigenvalue weighted by Gasteiger charge is -2.31. The number of nitrogens with zero attached hydrogens (tertiary/aromatic N) is 2. The van der Waals surface area contributed by atoms with Crippen molar-refractivity contribution in [1.82, 2.24) is 8.87 Å². The molecule has 1 fully saturated rings. The zero-order valence-electron chi connectivity index (χ0n) is 12.1. The Hall–Kier alpha value is -0.890. The Morgan fingerprint density at radius 3 is 2.85 bits per heavy atom. The van der Waals surface area contributed by atoms with Gasteiger partial charge in [-0.1, -0.05) is 0 Å². The van der Waals surface area contributed by atoms with E-state index in [1.54, 1.807) is 23.9 Å². The van der Waals surface area contributed by atoms with Gasteiger partial charge in [-0.25, -0.2) is 8.42 Å². The van der Waals surface area contributed by atoms with Crippen LogP contribution in [0.1, 0.15) is 25.5 Å². The van der Waals surface area contributed by atoms with Gasteiger partial charge < -0.3 is 15.0 Å². The van der Waals surface area contributed by atoms with Crippen molar-refractivity contribution >= 4 is 10.0 Å². The molecule has 1 aromatic heterocycles. The Morgan fingerprint density at radius 2 is 2.25 bits per heavy atom. The second-order valence-corrected chi connectivity index (χ2v) is 7.00. The van der Waals surface area contributed by atoms with Crippen LogP contribution in [0.25, 0.3) is 0 Å². The number of rotatable bonds is 5. The Labute approximate surface area is 120 Å². The first kappa shape index (κ1) is 15.5. The van der Waals surface area contributed by atoms with Crippen molar-refractivity contribution in [3.63, 3.8) is 0 Å². The monoisotopic (exact) mass is 301 g/mol. The summed E-state index contributed by atoms with van der Waals surface area (Å²) < 4.78 is 34.1. The number of aryl methyl sites for hydroxylation is 1. The van der Waals surface area contributed by atoms with Crippen molar-refractivity contribution in [3.8, 4) is 0 Å². The fraction of sp³-hybridized carbons (Fsp3) is 0.692. The highest BCUT2D eigenvalue weighted by molar-refractivity contribution is 7.89. The smallest absolute Gasteiger partial charge is 0.244 e. The SMILES string of the molecule is CCOC1CCCN(S(=O)(=O)c2cc(CN)n(C)c2)C1. The molecule has 6 nitrogen and oxygen atoms in total. The van der Waals surface area contributed by atoms with Crippen LogP contribution < -0.4 is 5.73 Å². The first-order valence-electron chi connectivity index (χ1n) is 6.96. The van der Waals surface area contributed by atoms with Gasteiger partial charge in [0.25, 0.3) is 0 Å². The molecule has 2 rings (SSSR count). The minimum Gasteiger partial charge on any atom is -0.377 e. The molecule has 1 aliphatic heterocycles. The number of nitrogens with two attached hydrogens (primary N) is 1. The highest BCUT2D eigenvalue weighted by atomic mass is 32.2. The van der Waals surface area contributed by atoms with Gasteiger partial charge in [-0.2, -0.15) is 4.31 Å². The molecule has 0 amide bonds. The van der Waals surface area contributed by atoms with Crippen LogP contribution in [0.15, 0.2) is 17.2 Å². The first-order chi connectivity index (χ1) is 9.48. The largest absolute Gasteiger partial charge is 0.377 e. The van der Waals surface area contributed by atoms with E-state index in [9.17, 15) is 8.42 Å². The van der Waals surface area contributed by atoms with Gasteiger partial charge in [0.15, 0.2) is 0 Å². The molecule has 2 heterocycles. The van der Waals surface area contributed by atoms with Crippen molar-refractivity contribution in [2.24, 2.45) is 12.8 Å². The molecule has 1 atom stereocenters. The van der Waals surface area contributed by atoms with Crippen molar-refractivity contribution < 1.29 is 13.2 Å². The van der Waals surface area contributed by atoms with Crippen LogP contribution in [-0.2, 0) is 28.4 Å². The molecule has 20 heavy (non-hydrogen) atoms. The summed E-state index contributed by atoms with van der Waals surface area (Å²) in [6.07, 6.45) is 3.38. The summed E-state index contributed by atoms with van der Waals surface area (Å²) in [6.45, 7) is 3.86. The molecule has 1 aliphatic rings. The van der Waals surface area contributed by atoms with E-state index in [4.69, 9.17) is 10.5 Å². The number of aromatic nitrogens is 1. The van der Waals surface area contributed by atoms with Crippen molar-refractivity contribution in [3.05, 3.63) is 18.0 Å². The minimum absolute atomic E-state index is 0.00113. The lowest BCUT2D eigenvalue weighted by Crippen LogP contribution is -2.43. The van der Waals surface area contributed by atoms with Gasteiger partial charge in [0.2, 0.25) is 10.0 Å². The Kier molecular flexibility index (Phi) is 4.85. The van der Waals surface area contributed by atoms with Crippen molar-refractivity contribution in [2.45, 2.75) is 37.3 Å². The maximum atomic E-state index is 12.6. The number of piperidine rings is 1. The van der Waals surface area contributed by atoms with E-state index in [1.165, 1.54) is 4.31 Å². The molecule has 0 aliphatic carbocycles. The van der Waals surface area contributed by atoms with E-state index in [0.29, 0.717) is 31.1 Å². The summed E-state index contributed by atoms with van der Waals surface area (Å²) in [7, 11) is -1.64. The van der Waals surface area contributed by atoms with Gasteiger partial charge >= 0.3 is 0 Å². The van der Waals surface area contributed by atoms with Crippen LogP contribution in [-0.4, -0.2) is 43.1 Å². The number of ether oxygens (including phenoxy) is 1. The van der Waals surface area contributed by atoms with Crippen LogP contribution in [0.5, 0.6) is 0 Å². The van der Waals surface area contributed by atoms with Gasteiger partial charge in [-0.05, 0) is 25.8 Å². The highest BCUT2D eigenvalue weighted by Crippen LogP contribution is 2.23. The second-order valence-electron chi connectivity index (χ2n) is 5.06. The quantitative estimate of drug-likeness (QED) is 0.867. The van der Waals surface area contributed by atoms with Crippen LogP contribution in [0, 0.1) is 0 Å². The van der Waals surface area contributed by atoms with Gasteiger partial charge in [0.1, 0.15) is 4.90 Å². The molecule has 1 unspecified atom stereocenters. The Bertz CT molecular complexity index is 551. The summed E-state index contributed by atoms with van der Waals surface area (Å²) in [4.78, 5) is 0.317. The van der Waals surface area contributed by atoms with Crippen LogP contribution in [0.2, 0.25) is 0 Å². The van der Waals surface area contributed by atoms with Gasteiger partial charge in [0.05, 0.1) is 6.10 Å². The maximum Gasteiger partial charge on any atom is 0.244 e. The second kappa shape index (κ2) is 6.26. The Balaban J connectivity index is 2.20. The number of hydrogen-bond acceptors (Lipinski definition) is 4. The number of hydrogen-bond donors (Lipinski definition) is 1. The predicted octanol–water partition coefficient (Wildman–Crippen LogP) is 0.673. The summed E-state index contributed by atoms with van der Waals surface area (Å²) in [5.74, 6) is 0. The first-order valence-corrected chi connectivity index (χ1v) is 8.40. The van der Waals surface area contributed by atoms with Gasteiger partial charge in [-0.3, -0.25) is 0 Å². The molecular formula is C13H23N3O3S. The normalized spacial score (nSPS) is 21.2. The third kappa shape index (κ3) is 3.06. The molecule has 0 bridgehead atoms. The van der Waals surface area contributed by atoms with E-state index < -0.39 is 10.0 Å². The molecule has 2 N–H and O–H groups in total. The van der Waals surface area contributed by atoms with Crippen LogP contribution in [0.4, 0.5) is 0 Å². The third-order valence-corrected chi connectivity index (χ3v) is 5.50. The molecule has 0 radical (unpaired) electrons. The van der Waals surface area contributed by atoms with Crippen LogP contribution in [0.3, 0.4) is 0 Å². The van der Waals surface area contributed by atoms with E-state index in [0.717, 1.165) is 18.5 Å². The van der Waals surface area contributed by atoms with E-state index >= 15 is 0 Å². The summed E-state index contributed by atoms with van der Waals surface area (Å²) in [5.41, 5.74) is 6.41. The lowest BCUT2D eigenvalue weighted by molar-refractivity contribution is 0.0265. The molecular weight excluding hydrogens is 278 g/mol. The molecule has 0 aromatic carbocycles. The molecule has 1 saturated heterocycles. The number of sulfonamides is 1. The molecule has 0 saturated carbocycles. The topological polar surface area (TPSA) is 77.6 Å². The zero-order chi connectivity index (χ0) is 14.8. The maximum absolute atomic E-state index is 12.6. The zero-order valence-corrected chi connectivity index (χ0v) is 12.9. The average molecular weight is 301 g/mol. The molecule has 7 heteroatoms. The fourth-order valence-electron chi connectivity index (χ4n) is 2.57. The lowest BCUT2D eigenvalue weighted by atomic mass is 10.1. The summed E-state index contributed by atoms with van der Waals surface area (Å²) in [5, 5.41) is 0. The molecule has 1 aromatic rings. The highest BCUT2D eigenvalue weighted by Gasteiger charge is 2.31. The van der Waals surface area contributed by atoms with Crippen LogP contribution >= 0.6 is 0 Å². The van der Waals surface area contributed by atoms with E-state index in [-0.39, 0.29) is 6.10 Å². The summed E-state index contributed by atoms with van der Waals surface area (Å²) in [6, 6.07) is 1.65. The molecule has 0 spiro atoms. The van der Waals surface area contributed by atoms with Crippen molar-refractivity contribution in [1.29, 1.82) is 0 Å².